The van der Waals surface area contributed by atoms with Crippen LogP contribution < -0.4 is 5.32 Å². The Balaban J connectivity index is 0.984. The predicted octanol–water partition coefficient (Wildman–Crippen LogP) is 10.1. The minimum absolute atomic E-state index is 0.0316. The fourth-order valence-corrected chi connectivity index (χ4v) is 15.3. The molecular weight excluding hydrogens is 685 g/mol. The Bertz CT molecular complexity index is 1750. The molecule has 4 saturated carbocycles. The zero-order chi connectivity index (χ0) is 38.1. The number of fused-ring (bicyclic) bond motifs is 7. The normalized spacial score (nSPS) is 39.1. The molecule has 5 fully saturated rings. The molecule has 8 rings (SSSR count). The fraction of sp³-hybridized carbons (Fsp3) is 0.660. The summed E-state index contributed by atoms with van der Waals surface area (Å²) in [6.07, 6.45) is 18.0. The molecule has 6 aliphatic rings. The Morgan fingerprint density at radius 3 is 2.37 bits per heavy atom. The van der Waals surface area contributed by atoms with E-state index in [2.05, 4.69) is 79.8 Å². The van der Waals surface area contributed by atoms with E-state index in [0.717, 1.165) is 51.6 Å². The first-order valence-corrected chi connectivity index (χ1v) is 22.0. The van der Waals surface area contributed by atoms with Crippen molar-refractivity contribution in [3.63, 3.8) is 0 Å². The predicted molar refractivity (Wildman–Crippen MR) is 222 cm³/mol. The van der Waals surface area contributed by atoms with Gasteiger partial charge in [0.15, 0.2) is 0 Å². The van der Waals surface area contributed by atoms with E-state index < -0.39 is 5.97 Å². The maximum absolute atomic E-state index is 11.6. The van der Waals surface area contributed by atoms with Crippen molar-refractivity contribution in [3.05, 3.63) is 78.1 Å². The largest absolute Gasteiger partial charge is 0.478 e. The lowest BCUT2D eigenvalue weighted by Gasteiger charge is -2.72. The molecule has 0 bridgehead atoms. The summed E-state index contributed by atoms with van der Waals surface area (Å²) in [5, 5.41) is 13.9. The van der Waals surface area contributed by atoms with E-state index >= 15 is 0 Å². The molecule has 2 aromatic rings. The number of carbonyl (C=O) groups is 1. The number of nitrogens with one attached hydrogen (secondary N) is 1. The molecule has 5 aliphatic carbocycles. The van der Waals surface area contributed by atoms with Gasteiger partial charge in [0.1, 0.15) is 0 Å². The highest BCUT2D eigenvalue weighted by molar-refractivity contribution is 7.97. The number of aromatic carboxylic acids is 1. The van der Waals surface area contributed by atoms with Crippen molar-refractivity contribution in [1.82, 2.24) is 19.5 Å². The van der Waals surface area contributed by atoms with Gasteiger partial charge in [-0.15, -0.1) is 0 Å². The Labute approximate surface area is 330 Å². The van der Waals surface area contributed by atoms with E-state index in [0.29, 0.717) is 40.1 Å². The van der Waals surface area contributed by atoms with Crippen LogP contribution in [0.4, 0.5) is 0 Å². The van der Waals surface area contributed by atoms with Gasteiger partial charge < -0.3 is 10.4 Å². The zero-order valence-electron chi connectivity index (χ0n) is 34.0. The lowest BCUT2D eigenvalue weighted by Crippen LogP contribution is -2.68. The lowest BCUT2D eigenvalue weighted by atomic mass is 9.33. The molecule has 9 atom stereocenters. The van der Waals surface area contributed by atoms with E-state index in [1.54, 1.807) is 12.1 Å². The van der Waals surface area contributed by atoms with Gasteiger partial charge in [0, 0.05) is 62.1 Å². The van der Waals surface area contributed by atoms with Crippen LogP contribution in [0.25, 0.3) is 5.57 Å². The van der Waals surface area contributed by atoms with Crippen LogP contribution in [0.3, 0.4) is 0 Å². The third kappa shape index (κ3) is 6.17. The number of allylic oxidation sites excluding steroid dienone is 3. The highest BCUT2D eigenvalue weighted by Gasteiger charge is 2.70. The molecule has 0 spiro atoms. The molecule has 2 N–H and O–H groups in total. The minimum atomic E-state index is -0.855. The Morgan fingerprint density at radius 1 is 0.926 bits per heavy atom. The van der Waals surface area contributed by atoms with Crippen molar-refractivity contribution in [2.75, 3.05) is 39.3 Å². The number of hydrogen-bond acceptors (Lipinski definition) is 6. The van der Waals surface area contributed by atoms with Crippen LogP contribution in [0.15, 0.2) is 71.9 Å². The Morgan fingerprint density at radius 2 is 1.69 bits per heavy atom. The quantitative estimate of drug-likeness (QED) is 0.195. The Kier molecular flexibility index (Phi) is 10.1. The molecule has 0 unspecified atom stereocenters. The van der Waals surface area contributed by atoms with Gasteiger partial charge in [-0.25, -0.2) is 9.10 Å². The molecule has 292 valence electrons. The van der Waals surface area contributed by atoms with Crippen LogP contribution in [-0.2, 0) is 0 Å². The van der Waals surface area contributed by atoms with E-state index in [9.17, 15) is 9.90 Å². The van der Waals surface area contributed by atoms with Gasteiger partial charge >= 0.3 is 5.97 Å². The summed E-state index contributed by atoms with van der Waals surface area (Å²) in [5.41, 5.74) is 5.55. The summed E-state index contributed by atoms with van der Waals surface area (Å²) in [4.78, 5) is 19.8. The van der Waals surface area contributed by atoms with E-state index in [1.165, 1.54) is 73.0 Å². The average Bonchev–Trinajstić information content (AvgIpc) is 3.53. The summed E-state index contributed by atoms with van der Waals surface area (Å²) < 4.78 is 2.50. The van der Waals surface area contributed by atoms with E-state index in [1.807, 2.05) is 42.5 Å². The van der Waals surface area contributed by atoms with Crippen LogP contribution in [0, 0.1) is 51.2 Å². The fourth-order valence-electron chi connectivity index (χ4n) is 14.4. The molecule has 6 nitrogen and oxygen atoms in total. The highest BCUT2D eigenvalue weighted by atomic mass is 32.2. The van der Waals surface area contributed by atoms with Crippen LogP contribution >= 0.6 is 11.9 Å². The van der Waals surface area contributed by atoms with Crippen molar-refractivity contribution < 1.29 is 9.90 Å². The smallest absolute Gasteiger partial charge is 0.335 e. The second-order valence-electron chi connectivity index (χ2n) is 19.7. The molecule has 1 saturated heterocycles. The van der Waals surface area contributed by atoms with Gasteiger partial charge in [0.05, 0.1) is 5.56 Å². The third-order valence-corrected chi connectivity index (χ3v) is 18.3. The number of aromatic nitrogens is 1. The first-order chi connectivity index (χ1) is 25.7. The van der Waals surface area contributed by atoms with Crippen LogP contribution in [0.2, 0.25) is 0 Å². The molecule has 1 aliphatic heterocycles. The molecule has 1 aromatic carbocycles. The molecular formula is C47H66N4O2S. The molecule has 2 heterocycles. The van der Waals surface area contributed by atoms with Crippen LogP contribution in [0.1, 0.15) is 115 Å². The van der Waals surface area contributed by atoms with Gasteiger partial charge in [-0.2, -0.15) is 0 Å². The van der Waals surface area contributed by atoms with E-state index in [-0.39, 0.29) is 16.4 Å². The number of rotatable bonds is 9. The number of benzene rings is 1. The number of hydrogen-bond donors (Lipinski definition) is 2. The Hall–Kier alpha value is -2.45. The van der Waals surface area contributed by atoms with Crippen LogP contribution in [0.5, 0.6) is 0 Å². The monoisotopic (exact) mass is 750 g/mol. The van der Waals surface area contributed by atoms with Gasteiger partial charge in [0.25, 0.3) is 0 Å². The second kappa shape index (κ2) is 14.2. The molecule has 1 aromatic heterocycles. The van der Waals surface area contributed by atoms with Crippen molar-refractivity contribution in [2.24, 2.45) is 51.2 Å². The average molecular weight is 751 g/mol. The lowest BCUT2D eigenvalue weighted by molar-refractivity contribution is -0.219. The van der Waals surface area contributed by atoms with Crippen LogP contribution in [-0.4, -0.2) is 70.1 Å². The number of pyridine rings is 1. The first kappa shape index (κ1) is 38.4. The topological polar surface area (TPSA) is 68.7 Å². The number of nitrogens with zero attached hydrogens (tertiary/aromatic N) is 3. The summed E-state index contributed by atoms with van der Waals surface area (Å²) >= 11 is 1.85. The van der Waals surface area contributed by atoms with Crippen molar-refractivity contribution >= 4 is 23.5 Å². The van der Waals surface area contributed by atoms with Gasteiger partial charge in [-0.3, -0.25) is 9.88 Å². The standard InChI is InChI=1S/C47H66N4O2S/c1-32(2)36-16-21-47(49-25-26-50-27-29-51(30-28-50)54-35-9-8-24-48-31-35)23-22-45(6)38(41(36)47)14-15-40-44(5)19-17-37(33-10-12-34(13-11-33)42(52)53)43(3,4)39(44)18-20-46(40,45)7/h8-13,17,24,31,36,38-41,49H,1,14-16,18-23,25-30H2,2-7H3,(H,52,53)/t36-,38+,39-,40+,41+,44-,45+,46+,47-/m0/s1. The first-order valence-electron chi connectivity index (χ1n) is 21.2. The van der Waals surface area contributed by atoms with Gasteiger partial charge in [0.2, 0.25) is 0 Å². The number of piperazine rings is 1. The van der Waals surface area contributed by atoms with Gasteiger partial charge in [-0.1, -0.05) is 65.0 Å². The molecule has 0 amide bonds. The SMILES string of the molecule is C=C(C)[C@@H]1CC[C@]2(NCCN3CCN(Sc4cccnc4)CC3)CC[C@]3(C)[C@H](CC[C@@H]4[C@@]5(C)CC=C(c6ccc(C(=O)O)cc6)C(C)(C)[C@@H]5CC[C@]43C)[C@@H]12. The summed E-state index contributed by atoms with van der Waals surface area (Å²) in [7, 11) is 0. The summed E-state index contributed by atoms with van der Waals surface area (Å²) in [6.45, 7) is 26.8. The number of carboxylic acids is 1. The summed E-state index contributed by atoms with van der Waals surface area (Å²) in [5.74, 6) is 2.48. The van der Waals surface area contributed by atoms with E-state index in [4.69, 9.17) is 0 Å². The maximum atomic E-state index is 11.6. The number of carboxylic acid groups (broad SMARTS) is 1. The highest BCUT2D eigenvalue weighted by Crippen LogP contribution is 2.76. The van der Waals surface area contributed by atoms with Gasteiger partial charge in [-0.05, 0) is 163 Å². The van der Waals surface area contributed by atoms with Crippen molar-refractivity contribution in [2.45, 2.75) is 110 Å². The summed E-state index contributed by atoms with van der Waals surface area (Å²) in [6, 6.07) is 11.9. The molecule has 54 heavy (non-hydrogen) atoms. The molecule has 0 radical (unpaired) electrons. The zero-order valence-corrected chi connectivity index (χ0v) is 34.8. The second-order valence-corrected chi connectivity index (χ2v) is 20.9. The third-order valence-electron chi connectivity index (χ3n) is 17.2. The minimum Gasteiger partial charge on any atom is -0.478 e. The van der Waals surface area contributed by atoms with Crippen molar-refractivity contribution in [1.29, 1.82) is 0 Å². The van der Waals surface area contributed by atoms with Crippen molar-refractivity contribution in [3.8, 4) is 0 Å². The molecule has 7 heteroatoms. The maximum Gasteiger partial charge on any atom is 0.335 e.